The maximum Gasteiger partial charge on any atom is 0.308 e. The Morgan fingerprint density at radius 3 is 1.51 bits per heavy atom. The Labute approximate surface area is 287 Å². The number of amides is 2. The monoisotopic (exact) mass is 672 g/mol. The number of hydrogen-bond acceptors (Lipinski definition) is 9. The zero-order valence-corrected chi connectivity index (χ0v) is 28.5. The molecule has 0 heterocycles. The smallest absolute Gasteiger partial charge is 0.308 e. The molecule has 0 unspecified atom stereocenters. The predicted molar refractivity (Wildman–Crippen MR) is 186 cm³/mol. The van der Waals surface area contributed by atoms with Crippen molar-refractivity contribution < 1.29 is 43.2 Å². The van der Waals surface area contributed by atoms with Crippen molar-refractivity contribution in [1.82, 2.24) is 10.6 Å². The molecule has 0 aliphatic carbocycles. The van der Waals surface area contributed by atoms with E-state index in [-0.39, 0.29) is 30.4 Å². The van der Waals surface area contributed by atoms with Crippen molar-refractivity contribution in [2.75, 3.05) is 41.5 Å². The maximum absolute atomic E-state index is 12.1. The quantitative estimate of drug-likeness (QED) is 0.120. The number of ether oxygens (including phenoxy) is 5. The van der Waals surface area contributed by atoms with Gasteiger partial charge in [-0.3, -0.25) is 14.4 Å². The minimum atomic E-state index is -0.441. The van der Waals surface area contributed by atoms with Crippen molar-refractivity contribution in [3.63, 3.8) is 0 Å². The average molecular weight is 673 g/mol. The van der Waals surface area contributed by atoms with E-state index in [9.17, 15) is 19.5 Å². The van der Waals surface area contributed by atoms with Gasteiger partial charge in [-0.2, -0.15) is 0 Å². The Kier molecular flexibility index (Phi) is 15.3. The Balaban J connectivity index is 0.000000267. The van der Waals surface area contributed by atoms with Gasteiger partial charge >= 0.3 is 5.97 Å². The molecule has 49 heavy (non-hydrogen) atoms. The molecule has 260 valence electrons. The molecule has 0 fully saturated rings. The van der Waals surface area contributed by atoms with Crippen LogP contribution in [0, 0.1) is 0 Å². The van der Waals surface area contributed by atoms with E-state index in [0.717, 1.165) is 40.2 Å². The first-order valence-corrected chi connectivity index (χ1v) is 15.6. The number of aromatic hydroxyl groups is 1. The molecule has 0 aliphatic rings. The minimum Gasteiger partial charge on any atom is -0.504 e. The standard InChI is InChI=1S/C20H23NO5.C18H21NO4/c1-14(22)26-19-12-16(7-8-18(19)25-3)13-20(23)21-10-9-15-5-4-6-17(11-15)24-2;1-22-15-5-3-4-13(10-15)8-9-19-18(21)12-14-6-7-17(23-2)16(20)11-14/h4-8,11-12H,9-10,13H2,1-3H3,(H,21,23);3-7,10-11,20H,8-9,12H2,1-2H3,(H,19,21). The second kappa shape index (κ2) is 19.8. The van der Waals surface area contributed by atoms with Crippen LogP contribution >= 0.6 is 0 Å². The summed E-state index contributed by atoms with van der Waals surface area (Å²) in [5.74, 6) is 2.16. The van der Waals surface area contributed by atoms with E-state index in [4.69, 9.17) is 23.7 Å². The fraction of sp³-hybridized carbons (Fsp3) is 0.289. The van der Waals surface area contributed by atoms with Gasteiger partial charge in [0.2, 0.25) is 11.8 Å². The molecule has 0 aliphatic heterocycles. The summed E-state index contributed by atoms with van der Waals surface area (Å²) in [7, 11) is 6.23. The SMILES string of the molecule is COc1cccc(CCNC(=O)Cc2ccc(OC)c(O)c2)c1.COc1cccc(CCNC(=O)Cc2ccc(OC)c(OC(C)=O)c2)c1. The van der Waals surface area contributed by atoms with Crippen LogP contribution < -0.4 is 34.3 Å². The predicted octanol–water partition coefficient (Wildman–Crippen LogP) is 4.84. The second-order valence-corrected chi connectivity index (χ2v) is 10.8. The Morgan fingerprint density at radius 2 is 1.06 bits per heavy atom. The summed E-state index contributed by atoms with van der Waals surface area (Å²) in [6.07, 6.45) is 1.85. The molecule has 4 aromatic rings. The number of phenols is 1. The molecule has 0 spiro atoms. The topological polar surface area (TPSA) is 142 Å². The van der Waals surface area contributed by atoms with Crippen LogP contribution in [0.2, 0.25) is 0 Å². The Bertz CT molecular complexity index is 1690. The van der Waals surface area contributed by atoms with Crippen molar-refractivity contribution in [3.8, 4) is 34.5 Å². The van der Waals surface area contributed by atoms with Crippen LogP contribution in [0.4, 0.5) is 0 Å². The van der Waals surface area contributed by atoms with Gasteiger partial charge in [-0.15, -0.1) is 0 Å². The molecule has 4 aromatic carbocycles. The highest BCUT2D eigenvalue weighted by atomic mass is 16.6. The van der Waals surface area contributed by atoms with Crippen LogP contribution in [-0.2, 0) is 40.1 Å². The lowest BCUT2D eigenvalue weighted by Gasteiger charge is -2.10. The molecule has 11 nitrogen and oxygen atoms in total. The highest BCUT2D eigenvalue weighted by Crippen LogP contribution is 2.28. The first kappa shape index (κ1) is 37.7. The minimum absolute atomic E-state index is 0.0363. The lowest BCUT2D eigenvalue weighted by atomic mass is 10.1. The third-order valence-electron chi connectivity index (χ3n) is 7.19. The number of hydrogen-bond donors (Lipinski definition) is 3. The van der Waals surface area contributed by atoms with Crippen molar-refractivity contribution in [2.45, 2.75) is 32.6 Å². The van der Waals surface area contributed by atoms with Crippen LogP contribution in [0.15, 0.2) is 84.9 Å². The largest absolute Gasteiger partial charge is 0.504 e. The number of rotatable bonds is 15. The summed E-state index contributed by atoms with van der Waals surface area (Å²) in [6.45, 7) is 2.39. The summed E-state index contributed by atoms with van der Waals surface area (Å²) in [5, 5.41) is 15.5. The second-order valence-electron chi connectivity index (χ2n) is 10.8. The molecule has 0 atom stereocenters. The third kappa shape index (κ3) is 13.1. The van der Waals surface area contributed by atoms with Gasteiger partial charge in [0.1, 0.15) is 11.5 Å². The number of phenolic OH excluding ortho intramolecular Hbond substituents is 1. The van der Waals surface area contributed by atoms with E-state index < -0.39 is 5.97 Å². The molecule has 0 bridgehead atoms. The van der Waals surface area contributed by atoms with Crippen molar-refractivity contribution in [3.05, 3.63) is 107 Å². The maximum atomic E-state index is 12.1. The lowest BCUT2D eigenvalue weighted by molar-refractivity contribution is -0.132. The number of carbonyl (C=O) groups is 3. The molecule has 2 amide bonds. The first-order valence-electron chi connectivity index (χ1n) is 15.6. The zero-order chi connectivity index (χ0) is 35.6. The van der Waals surface area contributed by atoms with Crippen LogP contribution in [0.1, 0.15) is 29.2 Å². The molecule has 0 saturated carbocycles. The molecule has 4 rings (SSSR count). The van der Waals surface area contributed by atoms with Gasteiger partial charge in [-0.25, -0.2) is 0 Å². The van der Waals surface area contributed by atoms with Crippen LogP contribution in [0.5, 0.6) is 34.5 Å². The molecule has 0 radical (unpaired) electrons. The molecular weight excluding hydrogens is 628 g/mol. The lowest BCUT2D eigenvalue weighted by Crippen LogP contribution is -2.27. The van der Waals surface area contributed by atoms with E-state index in [1.807, 2.05) is 48.5 Å². The Morgan fingerprint density at radius 1 is 0.571 bits per heavy atom. The van der Waals surface area contributed by atoms with Gasteiger partial charge in [0, 0.05) is 20.0 Å². The Hall–Kier alpha value is -5.71. The number of nitrogens with one attached hydrogen (secondary N) is 2. The van der Waals surface area contributed by atoms with Gasteiger partial charge in [0.15, 0.2) is 23.0 Å². The molecule has 11 heteroatoms. The highest BCUT2D eigenvalue weighted by molar-refractivity contribution is 5.79. The van der Waals surface area contributed by atoms with Crippen LogP contribution in [-0.4, -0.2) is 64.4 Å². The van der Waals surface area contributed by atoms with Gasteiger partial charge in [-0.1, -0.05) is 36.4 Å². The van der Waals surface area contributed by atoms with Gasteiger partial charge in [0.05, 0.1) is 41.3 Å². The van der Waals surface area contributed by atoms with E-state index in [2.05, 4.69) is 10.6 Å². The molecular formula is C38H44N2O9. The van der Waals surface area contributed by atoms with E-state index in [1.54, 1.807) is 50.6 Å². The summed E-state index contributed by atoms with van der Waals surface area (Å²) in [4.78, 5) is 35.3. The van der Waals surface area contributed by atoms with Gasteiger partial charge in [-0.05, 0) is 83.6 Å². The first-order chi connectivity index (χ1) is 23.6. The molecule has 0 saturated heterocycles. The van der Waals surface area contributed by atoms with Gasteiger partial charge < -0.3 is 39.4 Å². The van der Waals surface area contributed by atoms with E-state index in [1.165, 1.54) is 21.1 Å². The number of benzene rings is 4. The van der Waals surface area contributed by atoms with Crippen molar-refractivity contribution in [1.29, 1.82) is 0 Å². The number of methoxy groups -OCH3 is 4. The van der Waals surface area contributed by atoms with E-state index >= 15 is 0 Å². The van der Waals surface area contributed by atoms with E-state index in [0.29, 0.717) is 36.8 Å². The summed E-state index contributed by atoms with van der Waals surface area (Å²) in [5.41, 5.74) is 3.67. The summed E-state index contributed by atoms with van der Waals surface area (Å²) >= 11 is 0. The molecule has 0 aromatic heterocycles. The molecule has 3 N–H and O–H groups in total. The van der Waals surface area contributed by atoms with Crippen LogP contribution in [0.25, 0.3) is 0 Å². The zero-order valence-electron chi connectivity index (χ0n) is 28.5. The van der Waals surface area contributed by atoms with Crippen LogP contribution in [0.3, 0.4) is 0 Å². The van der Waals surface area contributed by atoms with Crippen molar-refractivity contribution >= 4 is 17.8 Å². The fourth-order valence-corrected chi connectivity index (χ4v) is 4.76. The number of carbonyl (C=O) groups excluding carboxylic acids is 3. The van der Waals surface area contributed by atoms with Crippen molar-refractivity contribution in [2.24, 2.45) is 0 Å². The fourth-order valence-electron chi connectivity index (χ4n) is 4.76. The number of esters is 1. The summed E-state index contributed by atoms with van der Waals surface area (Å²) in [6, 6.07) is 25.5. The summed E-state index contributed by atoms with van der Waals surface area (Å²) < 4.78 is 25.6. The van der Waals surface area contributed by atoms with Gasteiger partial charge in [0.25, 0.3) is 0 Å². The third-order valence-corrected chi connectivity index (χ3v) is 7.19. The normalized spacial score (nSPS) is 10.1. The highest BCUT2D eigenvalue weighted by Gasteiger charge is 2.11. The average Bonchev–Trinajstić information content (AvgIpc) is 3.09.